The molecule has 2 nitrogen and oxygen atoms in total. The predicted molar refractivity (Wildman–Crippen MR) is 66.0 cm³/mol. The second kappa shape index (κ2) is 4.90. The van der Waals surface area contributed by atoms with E-state index in [9.17, 15) is 0 Å². The summed E-state index contributed by atoms with van der Waals surface area (Å²) in [4.78, 5) is 3.74. The lowest BCUT2D eigenvalue weighted by molar-refractivity contribution is 0.122. The zero-order valence-electron chi connectivity index (χ0n) is 9.32. The number of benzene rings is 1. The summed E-state index contributed by atoms with van der Waals surface area (Å²) in [5.74, 6) is 0. The van der Waals surface area contributed by atoms with Crippen LogP contribution in [0, 0.1) is 6.92 Å². The van der Waals surface area contributed by atoms with E-state index in [1.54, 1.807) is 11.8 Å². The molecule has 1 aromatic rings. The summed E-state index contributed by atoms with van der Waals surface area (Å²) < 4.78 is 5.36. The van der Waals surface area contributed by atoms with Crippen LogP contribution in [0.1, 0.15) is 5.56 Å². The highest BCUT2D eigenvalue weighted by atomic mass is 32.2. The molecule has 0 amide bonds. The van der Waals surface area contributed by atoms with E-state index in [-0.39, 0.29) is 0 Å². The summed E-state index contributed by atoms with van der Waals surface area (Å²) in [6, 6.07) is 6.75. The summed E-state index contributed by atoms with van der Waals surface area (Å²) in [6.45, 7) is 5.88. The topological polar surface area (TPSA) is 12.5 Å². The Kier molecular flexibility index (Phi) is 3.54. The van der Waals surface area contributed by atoms with E-state index in [1.165, 1.54) is 16.1 Å². The van der Waals surface area contributed by atoms with E-state index in [2.05, 4.69) is 36.3 Å². The molecule has 82 valence electrons. The van der Waals surface area contributed by atoms with Crippen LogP contribution in [0.15, 0.2) is 23.1 Å². The number of rotatable bonds is 2. The molecular formula is C12H17NOS. The van der Waals surface area contributed by atoms with E-state index in [0.717, 1.165) is 26.3 Å². The van der Waals surface area contributed by atoms with Gasteiger partial charge in [0.25, 0.3) is 0 Å². The maximum absolute atomic E-state index is 5.36. The average molecular weight is 223 g/mol. The van der Waals surface area contributed by atoms with Crippen LogP contribution >= 0.6 is 11.8 Å². The van der Waals surface area contributed by atoms with Crippen molar-refractivity contribution in [1.82, 2.24) is 0 Å². The van der Waals surface area contributed by atoms with Gasteiger partial charge in [-0.1, -0.05) is 0 Å². The average Bonchev–Trinajstić information content (AvgIpc) is 2.29. The number of morpholine rings is 1. The minimum atomic E-state index is 0.850. The monoisotopic (exact) mass is 223 g/mol. The minimum Gasteiger partial charge on any atom is -0.378 e. The first-order chi connectivity index (χ1) is 7.29. The smallest absolute Gasteiger partial charge is 0.0642 e. The van der Waals surface area contributed by atoms with Gasteiger partial charge in [0.1, 0.15) is 0 Å². The number of aryl methyl sites for hydroxylation is 1. The lowest BCUT2D eigenvalue weighted by atomic mass is 10.2. The Morgan fingerprint density at radius 3 is 2.60 bits per heavy atom. The molecule has 0 atom stereocenters. The number of ether oxygens (including phenoxy) is 1. The highest BCUT2D eigenvalue weighted by Crippen LogP contribution is 2.25. The van der Waals surface area contributed by atoms with Crippen molar-refractivity contribution in [2.45, 2.75) is 11.8 Å². The van der Waals surface area contributed by atoms with Gasteiger partial charge in [-0.2, -0.15) is 0 Å². The fraction of sp³-hybridized carbons (Fsp3) is 0.500. The predicted octanol–water partition coefficient (Wildman–Crippen LogP) is 2.55. The Hall–Kier alpha value is -0.670. The summed E-state index contributed by atoms with van der Waals surface area (Å²) in [7, 11) is 0. The van der Waals surface area contributed by atoms with Gasteiger partial charge in [0.2, 0.25) is 0 Å². The lowest BCUT2D eigenvalue weighted by Crippen LogP contribution is -2.36. The molecule has 1 aliphatic rings. The fourth-order valence-electron chi connectivity index (χ4n) is 1.85. The third-order valence-corrected chi connectivity index (χ3v) is 3.35. The molecule has 0 radical (unpaired) electrons. The van der Waals surface area contributed by atoms with Crippen molar-refractivity contribution in [2.75, 3.05) is 37.5 Å². The summed E-state index contributed by atoms with van der Waals surface area (Å²) in [5, 5.41) is 0. The first kappa shape index (κ1) is 10.8. The van der Waals surface area contributed by atoms with Crippen molar-refractivity contribution in [3.05, 3.63) is 23.8 Å². The molecule has 0 aromatic heterocycles. The van der Waals surface area contributed by atoms with Crippen molar-refractivity contribution in [2.24, 2.45) is 0 Å². The number of nitrogens with zero attached hydrogens (tertiary/aromatic N) is 1. The van der Waals surface area contributed by atoms with Crippen molar-refractivity contribution >= 4 is 17.4 Å². The molecule has 15 heavy (non-hydrogen) atoms. The Morgan fingerprint density at radius 2 is 1.93 bits per heavy atom. The largest absolute Gasteiger partial charge is 0.378 e. The Morgan fingerprint density at radius 1 is 1.20 bits per heavy atom. The van der Waals surface area contributed by atoms with Crippen LogP contribution in [-0.2, 0) is 4.74 Å². The summed E-state index contributed by atoms with van der Waals surface area (Å²) >= 11 is 1.80. The van der Waals surface area contributed by atoms with Gasteiger partial charge in [-0.05, 0) is 36.9 Å². The highest BCUT2D eigenvalue weighted by molar-refractivity contribution is 7.98. The fourth-order valence-corrected chi connectivity index (χ4v) is 2.39. The van der Waals surface area contributed by atoms with Crippen LogP contribution < -0.4 is 4.90 Å². The molecule has 2 rings (SSSR count). The summed E-state index contributed by atoms with van der Waals surface area (Å²) in [6.07, 6.45) is 2.12. The first-order valence-electron chi connectivity index (χ1n) is 5.28. The Bertz CT molecular complexity index is 334. The highest BCUT2D eigenvalue weighted by Gasteiger charge is 2.11. The normalized spacial score (nSPS) is 16.8. The van der Waals surface area contributed by atoms with Gasteiger partial charge in [0, 0.05) is 23.7 Å². The van der Waals surface area contributed by atoms with Crippen LogP contribution in [-0.4, -0.2) is 32.6 Å². The number of hydrogen-bond acceptors (Lipinski definition) is 3. The van der Waals surface area contributed by atoms with Crippen LogP contribution in [0.25, 0.3) is 0 Å². The second-order valence-corrected chi connectivity index (χ2v) is 4.69. The van der Waals surface area contributed by atoms with E-state index in [1.807, 2.05) is 0 Å². The second-order valence-electron chi connectivity index (χ2n) is 3.81. The van der Waals surface area contributed by atoms with E-state index >= 15 is 0 Å². The zero-order valence-corrected chi connectivity index (χ0v) is 10.1. The molecule has 1 aromatic carbocycles. The molecule has 1 heterocycles. The van der Waals surface area contributed by atoms with Gasteiger partial charge >= 0.3 is 0 Å². The third-order valence-electron chi connectivity index (χ3n) is 2.65. The molecule has 3 heteroatoms. The van der Waals surface area contributed by atoms with Crippen molar-refractivity contribution < 1.29 is 4.74 Å². The lowest BCUT2D eigenvalue weighted by Gasteiger charge is -2.29. The standard InChI is InChI=1S/C12H17NOS/c1-10-7-11(9-12(8-10)15-2)13-3-5-14-6-4-13/h7-9H,3-6H2,1-2H3. The molecule has 0 aliphatic carbocycles. The number of hydrogen-bond donors (Lipinski definition) is 0. The van der Waals surface area contributed by atoms with Gasteiger partial charge in [0.05, 0.1) is 13.2 Å². The van der Waals surface area contributed by atoms with E-state index in [4.69, 9.17) is 4.74 Å². The maximum atomic E-state index is 5.36. The van der Waals surface area contributed by atoms with Gasteiger partial charge in [-0.3, -0.25) is 0 Å². The van der Waals surface area contributed by atoms with E-state index in [0.29, 0.717) is 0 Å². The maximum Gasteiger partial charge on any atom is 0.0642 e. The van der Waals surface area contributed by atoms with Gasteiger partial charge < -0.3 is 9.64 Å². The van der Waals surface area contributed by atoms with Crippen LogP contribution in [0.5, 0.6) is 0 Å². The van der Waals surface area contributed by atoms with Crippen LogP contribution in [0.3, 0.4) is 0 Å². The third kappa shape index (κ3) is 2.67. The number of thioether (sulfide) groups is 1. The van der Waals surface area contributed by atoms with Gasteiger partial charge in [-0.25, -0.2) is 0 Å². The van der Waals surface area contributed by atoms with Gasteiger partial charge in [0.15, 0.2) is 0 Å². The molecular weight excluding hydrogens is 206 g/mol. The van der Waals surface area contributed by atoms with Crippen molar-refractivity contribution in [3.8, 4) is 0 Å². The molecule has 0 N–H and O–H groups in total. The SMILES string of the molecule is CSc1cc(C)cc(N2CCOCC2)c1. The van der Waals surface area contributed by atoms with Crippen LogP contribution in [0.2, 0.25) is 0 Å². The van der Waals surface area contributed by atoms with Gasteiger partial charge in [-0.15, -0.1) is 11.8 Å². The molecule has 1 saturated heterocycles. The molecule has 1 fully saturated rings. The summed E-state index contributed by atoms with van der Waals surface area (Å²) in [5.41, 5.74) is 2.67. The van der Waals surface area contributed by atoms with Crippen LogP contribution in [0.4, 0.5) is 5.69 Å². The molecule has 1 aliphatic heterocycles. The number of anilines is 1. The minimum absolute atomic E-state index is 0.850. The van der Waals surface area contributed by atoms with Crippen molar-refractivity contribution in [3.63, 3.8) is 0 Å². The first-order valence-corrected chi connectivity index (χ1v) is 6.50. The molecule has 0 bridgehead atoms. The van der Waals surface area contributed by atoms with E-state index < -0.39 is 0 Å². The Balaban J connectivity index is 2.22. The quantitative estimate of drug-likeness (QED) is 0.715. The Labute approximate surface area is 95.6 Å². The molecule has 0 saturated carbocycles. The van der Waals surface area contributed by atoms with Crippen molar-refractivity contribution in [1.29, 1.82) is 0 Å². The zero-order chi connectivity index (χ0) is 10.7. The molecule has 0 unspecified atom stereocenters. The molecule has 0 spiro atoms.